The summed E-state index contributed by atoms with van der Waals surface area (Å²) >= 11 is 0. The summed E-state index contributed by atoms with van der Waals surface area (Å²) in [6.07, 6.45) is 8.60. The van der Waals surface area contributed by atoms with Crippen LogP contribution >= 0.6 is 0 Å². The van der Waals surface area contributed by atoms with E-state index >= 15 is 0 Å². The van der Waals surface area contributed by atoms with Crippen LogP contribution in [0, 0.1) is 0 Å². The first kappa shape index (κ1) is 21.0. The molecule has 0 saturated carbocycles. The molecule has 0 atom stereocenters. The van der Waals surface area contributed by atoms with Gasteiger partial charge in [-0.2, -0.15) is 8.42 Å². The van der Waals surface area contributed by atoms with Crippen LogP contribution in [0.1, 0.15) is 77.3 Å². The number of hydrogen-bond donors (Lipinski definition) is 1. The number of aryl methyl sites for hydroxylation is 1. The molecular formula is C19H32O4S. The van der Waals surface area contributed by atoms with Crippen molar-refractivity contribution in [2.24, 2.45) is 0 Å². The molecule has 0 amide bonds. The van der Waals surface area contributed by atoms with E-state index in [4.69, 9.17) is 4.74 Å². The third-order valence-corrected chi connectivity index (χ3v) is 5.61. The largest absolute Gasteiger partial charge is 0.469 e. The minimum Gasteiger partial charge on any atom is -0.469 e. The first-order chi connectivity index (χ1) is 11.2. The summed E-state index contributed by atoms with van der Waals surface area (Å²) in [6.45, 7) is 7.09. The maximum absolute atomic E-state index is 11.6. The lowest BCUT2D eigenvalue weighted by Gasteiger charge is -2.25. The van der Waals surface area contributed by atoms with E-state index in [0.717, 1.165) is 50.5 Å². The maximum atomic E-state index is 11.6. The molecule has 0 heterocycles. The summed E-state index contributed by atoms with van der Waals surface area (Å²) in [5, 5.41) is 0. The van der Waals surface area contributed by atoms with Gasteiger partial charge in [0.25, 0.3) is 0 Å². The Bertz CT molecular complexity index is 606. The van der Waals surface area contributed by atoms with Gasteiger partial charge in [-0.05, 0) is 56.7 Å². The van der Waals surface area contributed by atoms with Crippen LogP contribution in [0.15, 0.2) is 18.2 Å². The monoisotopic (exact) mass is 356 g/mol. The van der Waals surface area contributed by atoms with Crippen LogP contribution < -0.4 is 4.74 Å². The molecule has 4 nitrogen and oxygen atoms in total. The molecule has 138 valence electrons. The van der Waals surface area contributed by atoms with Crippen molar-refractivity contribution < 1.29 is 17.7 Å². The second-order valence-corrected chi connectivity index (χ2v) is 8.72. The second kappa shape index (κ2) is 9.42. The fourth-order valence-corrected chi connectivity index (χ4v) is 2.85. The molecule has 0 fully saturated rings. The molecule has 0 saturated heterocycles. The van der Waals surface area contributed by atoms with Crippen molar-refractivity contribution in [3.05, 3.63) is 29.3 Å². The number of unbranched alkanes of at least 4 members (excludes halogenated alkanes) is 4. The topological polar surface area (TPSA) is 63.6 Å². The Kier molecular flexibility index (Phi) is 8.23. The molecule has 0 unspecified atom stereocenters. The van der Waals surface area contributed by atoms with Gasteiger partial charge in [-0.3, -0.25) is 4.55 Å². The highest BCUT2D eigenvalue weighted by Crippen LogP contribution is 2.30. The zero-order chi connectivity index (χ0) is 18.2. The smallest absolute Gasteiger partial charge is 0.305 e. The molecule has 5 heteroatoms. The summed E-state index contributed by atoms with van der Waals surface area (Å²) < 4.78 is 38.2. The zero-order valence-corrected chi connectivity index (χ0v) is 16.3. The molecule has 1 aromatic rings. The Morgan fingerprint density at radius 2 is 1.58 bits per heavy atom. The Hall–Kier alpha value is -1.07. The van der Waals surface area contributed by atoms with Crippen molar-refractivity contribution in [3.63, 3.8) is 0 Å². The molecule has 0 aliphatic heterocycles. The predicted octanol–water partition coefficient (Wildman–Crippen LogP) is 5.15. The van der Waals surface area contributed by atoms with Gasteiger partial charge in [-0.25, -0.2) is 0 Å². The molecule has 1 N–H and O–H groups in total. The van der Waals surface area contributed by atoms with Gasteiger partial charge in [0.05, 0.1) is 0 Å². The summed E-state index contributed by atoms with van der Waals surface area (Å²) in [5.74, 6) is 0.572. The number of hydrogen-bond acceptors (Lipinski definition) is 3. The number of ether oxygens (including phenoxy) is 1. The average Bonchev–Trinajstić information content (AvgIpc) is 2.48. The van der Waals surface area contributed by atoms with Gasteiger partial charge in [-0.1, -0.05) is 51.7 Å². The maximum Gasteiger partial charge on any atom is 0.305 e. The summed E-state index contributed by atoms with van der Waals surface area (Å²) in [5.41, 5.74) is 2.31. The van der Waals surface area contributed by atoms with Gasteiger partial charge in [0.1, 0.15) is 5.75 Å². The first-order valence-electron chi connectivity index (χ1n) is 8.99. The van der Waals surface area contributed by atoms with Crippen LogP contribution in [0.3, 0.4) is 0 Å². The molecule has 1 rings (SSSR count). The lowest BCUT2D eigenvalue weighted by atomic mass is 9.96. The second-order valence-electron chi connectivity index (χ2n) is 6.78. The van der Waals surface area contributed by atoms with E-state index in [9.17, 15) is 13.0 Å². The normalized spacial score (nSPS) is 12.4. The number of rotatable bonds is 11. The van der Waals surface area contributed by atoms with Crippen LogP contribution in [0.25, 0.3) is 0 Å². The summed E-state index contributed by atoms with van der Waals surface area (Å²) in [7, 11) is -4.30. The van der Waals surface area contributed by atoms with Crippen LogP contribution in [0.4, 0.5) is 0 Å². The lowest BCUT2D eigenvalue weighted by Crippen LogP contribution is -2.38. The van der Waals surface area contributed by atoms with E-state index in [1.54, 1.807) is 6.07 Å². The fourth-order valence-electron chi connectivity index (χ4n) is 2.66. The molecule has 0 radical (unpaired) electrons. The highest BCUT2D eigenvalue weighted by atomic mass is 32.2. The molecular weight excluding hydrogens is 324 g/mol. The highest BCUT2D eigenvalue weighted by molar-refractivity contribution is 7.87. The predicted molar refractivity (Wildman–Crippen MR) is 99.2 cm³/mol. The average molecular weight is 357 g/mol. The van der Waals surface area contributed by atoms with Crippen molar-refractivity contribution in [2.45, 2.75) is 84.0 Å². The highest BCUT2D eigenvalue weighted by Gasteiger charge is 2.35. The van der Waals surface area contributed by atoms with Crippen molar-refractivity contribution in [2.75, 3.05) is 0 Å². The SMILES string of the molecule is CCCCCc1cccc(OC(C)(C)S(=O)(=O)O)c1CCCCC. The summed E-state index contributed by atoms with van der Waals surface area (Å²) in [4.78, 5) is -1.66. The molecule has 0 aromatic heterocycles. The molecule has 0 aliphatic rings. The van der Waals surface area contributed by atoms with E-state index in [1.807, 2.05) is 6.07 Å². The Balaban J connectivity index is 3.10. The zero-order valence-electron chi connectivity index (χ0n) is 15.5. The van der Waals surface area contributed by atoms with Crippen molar-refractivity contribution in [1.82, 2.24) is 0 Å². The van der Waals surface area contributed by atoms with E-state index in [1.165, 1.54) is 25.8 Å². The van der Waals surface area contributed by atoms with E-state index < -0.39 is 15.1 Å². The standard InChI is InChI=1S/C19H32O4S/c1-5-7-9-12-16-13-11-15-18(17(16)14-10-8-6-2)23-19(3,4)24(20,21)22/h11,13,15H,5-10,12,14H2,1-4H3,(H,20,21,22). The van der Waals surface area contributed by atoms with E-state index in [-0.39, 0.29) is 0 Å². The van der Waals surface area contributed by atoms with Gasteiger partial charge in [0.15, 0.2) is 0 Å². The summed E-state index contributed by atoms with van der Waals surface area (Å²) in [6, 6.07) is 5.81. The minimum atomic E-state index is -4.30. The van der Waals surface area contributed by atoms with Crippen molar-refractivity contribution >= 4 is 10.1 Å². The van der Waals surface area contributed by atoms with Crippen molar-refractivity contribution in [1.29, 1.82) is 0 Å². The van der Waals surface area contributed by atoms with Crippen LogP contribution in [-0.4, -0.2) is 17.9 Å². The molecule has 1 aromatic carbocycles. The Labute approximate surface area is 147 Å². The van der Waals surface area contributed by atoms with Crippen molar-refractivity contribution in [3.8, 4) is 5.75 Å². The van der Waals surface area contributed by atoms with Gasteiger partial charge in [-0.15, -0.1) is 0 Å². The Morgan fingerprint density at radius 3 is 2.12 bits per heavy atom. The minimum absolute atomic E-state index is 0.572. The van der Waals surface area contributed by atoms with E-state index in [0.29, 0.717) is 5.75 Å². The molecule has 0 aliphatic carbocycles. The van der Waals surface area contributed by atoms with Gasteiger partial charge in [0.2, 0.25) is 4.93 Å². The number of benzene rings is 1. The first-order valence-corrected chi connectivity index (χ1v) is 10.4. The van der Waals surface area contributed by atoms with Gasteiger partial charge < -0.3 is 4.74 Å². The van der Waals surface area contributed by atoms with Crippen LogP contribution in [0.2, 0.25) is 0 Å². The molecule has 0 bridgehead atoms. The van der Waals surface area contributed by atoms with Crippen LogP contribution in [-0.2, 0) is 23.0 Å². The third-order valence-electron chi connectivity index (χ3n) is 4.29. The lowest BCUT2D eigenvalue weighted by molar-refractivity contribution is 0.176. The van der Waals surface area contributed by atoms with Crippen LogP contribution in [0.5, 0.6) is 5.75 Å². The molecule has 24 heavy (non-hydrogen) atoms. The fraction of sp³-hybridized carbons (Fsp3) is 0.684. The third kappa shape index (κ3) is 6.10. The van der Waals surface area contributed by atoms with Gasteiger partial charge >= 0.3 is 10.1 Å². The Morgan fingerprint density at radius 1 is 1.00 bits per heavy atom. The van der Waals surface area contributed by atoms with E-state index in [2.05, 4.69) is 19.9 Å². The molecule has 0 spiro atoms. The quantitative estimate of drug-likeness (QED) is 0.440. The van der Waals surface area contributed by atoms with Gasteiger partial charge in [0, 0.05) is 0 Å².